The molecule has 1 aromatic carbocycles. The fourth-order valence-corrected chi connectivity index (χ4v) is 2.41. The summed E-state index contributed by atoms with van der Waals surface area (Å²) in [4.78, 5) is 0.169. The number of benzene rings is 1. The van der Waals surface area contributed by atoms with Gasteiger partial charge in [0.1, 0.15) is 5.75 Å². The Labute approximate surface area is 119 Å². The number of hydrogen-bond acceptors (Lipinski definition) is 3. The van der Waals surface area contributed by atoms with Gasteiger partial charge in [-0.15, -0.1) is 0 Å². The summed E-state index contributed by atoms with van der Waals surface area (Å²) < 4.78 is 31.6. The number of hydrogen-bond donors (Lipinski definition) is 1. The average Bonchev–Trinajstić information content (AvgIpc) is 2.34. The molecule has 0 aliphatic rings. The lowest BCUT2D eigenvalue weighted by atomic mass is 10.2. The third-order valence-electron chi connectivity index (χ3n) is 2.17. The summed E-state index contributed by atoms with van der Waals surface area (Å²) in [5.41, 5.74) is 0. The summed E-state index contributed by atoms with van der Waals surface area (Å²) in [6.45, 7) is 8.12. The van der Waals surface area contributed by atoms with Gasteiger partial charge in [0.25, 0.3) is 0 Å². The van der Waals surface area contributed by atoms with E-state index in [9.17, 15) is 8.42 Å². The molecule has 0 radical (unpaired) electrons. The van der Waals surface area contributed by atoms with E-state index < -0.39 is 10.0 Å². The minimum absolute atomic E-state index is 0.00941. The normalized spacial score (nSPS) is 11.6. The first-order valence-corrected chi connectivity index (χ1v) is 7.73. The molecule has 0 heterocycles. The number of nitrogens with one attached hydrogen (secondary N) is 1. The molecular formula is C13H18ClNO3S. The Morgan fingerprint density at radius 3 is 2.42 bits per heavy atom. The Morgan fingerprint density at radius 2 is 1.95 bits per heavy atom. The molecule has 106 valence electrons. The van der Waals surface area contributed by atoms with Crippen molar-refractivity contribution in [3.05, 3.63) is 35.9 Å². The summed E-state index contributed by atoms with van der Waals surface area (Å²) in [6, 6.07) is 6.25. The quantitative estimate of drug-likeness (QED) is 0.842. The topological polar surface area (TPSA) is 55.4 Å². The van der Waals surface area contributed by atoms with Gasteiger partial charge in [-0.05, 0) is 30.2 Å². The highest BCUT2D eigenvalue weighted by molar-refractivity contribution is 7.89. The van der Waals surface area contributed by atoms with Crippen molar-refractivity contribution in [2.45, 2.75) is 18.7 Å². The zero-order valence-electron chi connectivity index (χ0n) is 11.0. The second-order valence-electron chi connectivity index (χ2n) is 4.52. The van der Waals surface area contributed by atoms with Crippen LogP contribution in [0.5, 0.6) is 5.75 Å². The Kier molecular flexibility index (Phi) is 5.85. The molecule has 0 fully saturated rings. The van der Waals surface area contributed by atoms with E-state index in [1.807, 2.05) is 13.8 Å². The maximum Gasteiger partial charge on any atom is 0.240 e. The van der Waals surface area contributed by atoms with Crippen molar-refractivity contribution >= 4 is 21.6 Å². The monoisotopic (exact) mass is 303 g/mol. The van der Waals surface area contributed by atoms with E-state index in [4.69, 9.17) is 16.3 Å². The largest absolute Gasteiger partial charge is 0.493 e. The third-order valence-corrected chi connectivity index (χ3v) is 3.72. The fraction of sp³-hybridized carbons (Fsp3) is 0.385. The van der Waals surface area contributed by atoms with E-state index >= 15 is 0 Å². The zero-order chi connectivity index (χ0) is 14.5. The van der Waals surface area contributed by atoms with Crippen LogP contribution >= 0.6 is 11.6 Å². The van der Waals surface area contributed by atoms with Gasteiger partial charge in [-0.1, -0.05) is 32.0 Å². The van der Waals surface area contributed by atoms with E-state index in [1.165, 1.54) is 12.1 Å². The molecule has 6 heteroatoms. The van der Waals surface area contributed by atoms with Crippen molar-refractivity contribution in [1.82, 2.24) is 4.72 Å². The summed E-state index contributed by atoms with van der Waals surface area (Å²) in [5.74, 6) is 1.06. The average molecular weight is 304 g/mol. The second kappa shape index (κ2) is 6.93. The van der Waals surface area contributed by atoms with Crippen molar-refractivity contribution in [2.75, 3.05) is 13.2 Å². The van der Waals surface area contributed by atoms with Crippen LogP contribution in [-0.2, 0) is 10.0 Å². The first kappa shape index (κ1) is 16.0. The van der Waals surface area contributed by atoms with E-state index in [0.717, 1.165) is 0 Å². The molecule has 0 saturated carbocycles. The van der Waals surface area contributed by atoms with Gasteiger partial charge in [0, 0.05) is 11.6 Å². The van der Waals surface area contributed by atoms with Crippen LogP contribution in [0.3, 0.4) is 0 Å². The molecule has 0 aliphatic carbocycles. The van der Waals surface area contributed by atoms with Crippen LogP contribution in [0.1, 0.15) is 13.8 Å². The minimum atomic E-state index is -3.55. The summed E-state index contributed by atoms with van der Waals surface area (Å²) in [6.07, 6.45) is 0. The predicted octanol–water partition coefficient (Wildman–Crippen LogP) is 2.75. The van der Waals surface area contributed by atoms with Gasteiger partial charge in [-0.2, -0.15) is 0 Å². The molecule has 4 nitrogen and oxygen atoms in total. The van der Waals surface area contributed by atoms with Gasteiger partial charge in [0.2, 0.25) is 10.0 Å². The van der Waals surface area contributed by atoms with Crippen LogP contribution in [0, 0.1) is 5.92 Å². The highest BCUT2D eigenvalue weighted by Crippen LogP contribution is 2.16. The Bertz CT molecular complexity index is 523. The van der Waals surface area contributed by atoms with E-state index in [1.54, 1.807) is 12.1 Å². The van der Waals surface area contributed by atoms with Crippen LogP contribution in [0.4, 0.5) is 0 Å². The van der Waals surface area contributed by atoms with Gasteiger partial charge in [0.05, 0.1) is 11.5 Å². The zero-order valence-corrected chi connectivity index (χ0v) is 12.6. The van der Waals surface area contributed by atoms with E-state index in [0.29, 0.717) is 18.3 Å². The smallest absolute Gasteiger partial charge is 0.240 e. The summed E-state index contributed by atoms with van der Waals surface area (Å²) in [5, 5.41) is 0.237. The van der Waals surface area contributed by atoms with Crippen molar-refractivity contribution in [3.63, 3.8) is 0 Å². The standard InChI is InChI=1S/C13H18ClNO3S/c1-10(2)9-18-12-4-6-13(7-5-12)19(16,17)15-8-11(3)14/h4-7,10,15H,3,8-9H2,1-2H3. The van der Waals surface area contributed by atoms with E-state index in [-0.39, 0.29) is 16.5 Å². The van der Waals surface area contributed by atoms with E-state index in [2.05, 4.69) is 11.3 Å². The molecule has 0 atom stereocenters. The van der Waals surface area contributed by atoms with Crippen LogP contribution < -0.4 is 9.46 Å². The molecule has 0 aromatic heterocycles. The first-order valence-electron chi connectivity index (χ1n) is 5.87. The van der Waals surface area contributed by atoms with Gasteiger partial charge >= 0.3 is 0 Å². The number of ether oxygens (including phenoxy) is 1. The molecule has 1 N–H and O–H groups in total. The minimum Gasteiger partial charge on any atom is -0.493 e. The maximum atomic E-state index is 11.9. The van der Waals surface area contributed by atoms with Gasteiger partial charge in [0.15, 0.2) is 0 Å². The Hall–Kier alpha value is -1.04. The molecule has 0 aliphatic heterocycles. The molecule has 19 heavy (non-hydrogen) atoms. The van der Waals surface area contributed by atoms with Crippen molar-refractivity contribution in [2.24, 2.45) is 5.92 Å². The number of rotatable bonds is 7. The Balaban J connectivity index is 2.72. The van der Waals surface area contributed by atoms with Gasteiger partial charge in [-0.3, -0.25) is 0 Å². The number of halogens is 1. The predicted molar refractivity (Wildman–Crippen MR) is 77.0 cm³/mol. The maximum absolute atomic E-state index is 11.9. The Morgan fingerprint density at radius 1 is 1.37 bits per heavy atom. The SMILES string of the molecule is C=C(Cl)CNS(=O)(=O)c1ccc(OCC(C)C)cc1. The second-order valence-corrected chi connectivity index (χ2v) is 6.82. The fourth-order valence-electron chi connectivity index (χ4n) is 1.23. The van der Waals surface area contributed by atoms with Crippen molar-refractivity contribution < 1.29 is 13.2 Å². The molecule has 0 unspecified atom stereocenters. The molecular weight excluding hydrogens is 286 g/mol. The van der Waals surface area contributed by atoms with Gasteiger partial charge in [-0.25, -0.2) is 13.1 Å². The molecule has 0 saturated heterocycles. The third kappa shape index (κ3) is 5.63. The lowest BCUT2D eigenvalue weighted by Gasteiger charge is -2.10. The molecule has 1 rings (SSSR count). The van der Waals surface area contributed by atoms with Crippen LogP contribution in [0.15, 0.2) is 40.8 Å². The van der Waals surface area contributed by atoms with Crippen LogP contribution in [0.2, 0.25) is 0 Å². The molecule has 0 bridgehead atoms. The number of sulfonamides is 1. The van der Waals surface area contributed by atoms with Crippen molar-refractivity contribution in [3.8, 4) is 5.75 Å². The summed E-state index contributed by atoms with van der Waals surface area (Å²) in [7, 11) is -3.55. The van der Waals surface area contributed by atoms with Crippen LogP contribution in [-0.4, -0.2) is 21.6 Å². The lowest BCUT2D eigenvalue weighted by molar-refractivity contribution is 0.271. The van der Waals surface area contributed by atoms with Crippen molar-refractivity contribution in [1.29, 1.82) is 0 Å². The van der Waals surface area contributed by atoms with Gasteiger partial charge < -0.3 is 4.74 Å². The molecule has 1 aromatic rings. The van der Waals surface area contributed by atoms with Crippen LogP contribution in [0.25, 0.3) is 0 Å². The summed E-state index contributed by atoms with van der Waals surface area (Å²) >= 11 is 5.53. The molecule has 0 spiro atoms. The molecule has 0 amide bonds. The highest BCUT2D eigenvalue weighted by Gasteiger charge is 2.13. The first-order chi connectivity index (χ1) is 8.81. The highest BCUT2D eigenvalue weighted by atomic mass is 35.5. The lowest BCUT2D eigenvalue weighted by Crippen LogP contribution is -2.24.